The molecule has 0 bridgehead atoms. The van der Waals surface area contributed by atoms with Gasteiger partial charge in [0.25, 0.3) is 0 Å². The fraction of sp³-hybridized carbons (Fsp3) is 0.310. The minimum Gasteiger partial charge on any atom is -0.433 e. The van der Waals surface area contributed by atoms with Crippen molar-refractivity contribution < 1.29 is 36.8 Å². The van der Waals surface area contributed by atoms with Gasteiger partial charge in [-0.3, -0.25) is 14.3 Å². The van der Waals surface area contributed by atoms with E-state index in [0.29, 0.717) is 34.9 Å². The molecule has 0 spiro atoms. The molecule has 4 rings (SSSR count). The third kappa shape index (κ3) is 6.30. The first-order valence-electron chi connectivity index (χ1n) is 13.1. The van der Waals surface area contributed by atoms with E-state index in [2.05, 4.69) is 0 Å². The van der Waals surface area contributed by atoms with E-state index in [4.69, 9.17) is 25.4 Å². The molecule has 43 heavy (non-hydrogen) atoms. The lowest BCUT2D eigenvalue weighted by Crippen LogP contribution is -2.49. The molecule has 4 aromatic rings. The third-order valence-electron chi connectivity index (χ3n) is 7.24. The number of aromatic nitrogens is 2. The first-order valence-corrected chi connectivity index (χ1v) is 15.7. The van der Waals surface area contributed by atoms with Crippen molar-refractivity contribution in [2.24, 2.45) is 0 Å². The normalized spacial score (nSPS) is 13.6. The van der Waals surface area contributed by atoms with E-state index >= 15 is 0 Å². The summed E-state index contributed by atoms with van der Waals surface area (Å²) in [6.07, 6.45) is 0.783. The van der Waals surface area contributed by atoms with E-state index in [1.54, 1.807) is 25.1 Å². The molecule has 0 aliphatic carbocycles. The molecule has 222 valence electrons. The zero-order chi connectivity index (χ0) is 31.9. The van der Waals surface area contributed by atoms with Crippen LogP contribution >= 0.6 is 7.14 Å². The molecule has 0 saturated heterocycles. The average Bonchev–Trinajstić information content (AvgIpc) is 3.29. The Morgan fingerprint density at radius 3 is 2.26 bits per heavy atom. The van der Waals surface area contributed by atoms with Crippen LogP contribution in [0.25, 0.3) is 27.8 Å². The predicted octanol–water partition coefficient (Wildman–Crippen LogP) is 6.10. The predicted molar refractivity (Wildman–Crippen MR) is 159 cm³/mol. The Morgan fingerprint density at radius 2 is 1.72 bits per heavy atom. The number of hydrogen-bond acceptors (Lipinski definition) is 6. The quantitative estimate of drug-likeness (QED) is 0.0726. The van der Waals surface area contributed by atoms with Crippen molar-refractivity contribution in [3.63, 3.8) is 0 Å². The zero-order valence-corrected chi connectivity index (χ0v) is 24.7. The molecular weight excluding hydrogens is 583 g/mol. The van der Waals surface area contributed by atoms with Crippen LogP contribution in [0, 0.1) is 0 Å². The van der Waals surface area contributed by atoms with Gasteiger partial charge in [0.2, 0.25) is 0 Å². The summed E-state index contributed by atoms with van der Waals surface area (Å²) in [5.74, 6) is -0.106. The van der Waals surface area contributed by atoms with Crippen LogP contribution in [0.2, 0.25) is 0 Å². The maximum Gasteiger partial charge on any atom is 0.387 e. The minimum atomic E-state index is -3.78. The fourth-order valence-corrected chi connectivity index (χ4v) is 5.62. The van der Waals surface area contributed by atoms with E-state index in [9.17, 15) is 32.0 Å². The van der Waals surface area contributed by atoms with Crippen LogP contribution in [0.5, 0.6) is 5.75 Å². The number of aliphatic hydroxyl groups is 1. The lowest BCUT2D eigenvalue weighted by molar-refractivity contribution is -0.0499. The van der Waals surface area contributed by atoms with Gasteiger partial charge in [-0.05, 0) is 62.2 Å². The monoisotopic (exact) mass is 611 g/mol. The van der Waals surface area contributed by atoms with Crippen molar-refractivity contribution in [3.8, 4) is 22.6 Å². The van der Waals surface area contributed by atoms with Crippen LogP contribution in [0.1, 0.15) is 41.1 Å². The van der Waals surface area contributed by atoms with Crippen molar-refractivity contribution in [3.05, 3.63) is 77.6 Å². The largest absolute Gasteiger partial charge is 0.433 e. The van der Waals surface area contributed by atoms with Crippen LogP contribution in [-0.4, -0.2) is 74.0 Å². The standard InChI is InChI=1S/C29H28B2F4N3O4P/c1-5-22(37(2)29(30,31)40)26-36-21-14-11-18(17-9-12-20(13-10-17)28(34,35)43(3,4)41)15-23(21)38(26)25-19(16-39)7-6-8-24(25)42-27(32)33/h6-16,22,27,40H,5H2,1-4H3. The Morgan fingerprint density at radius 1 is 1.09 bits per heavy atom. The molecule has 7 nitrogen and oxygen atoms in total. The molecule has 1 N–H and O–H groups in total. The van der Waals surface area contributed by atoms with Gasteiger partial charge in [-0.1, -0.05) is 43.3 Å². The molecule has 14 heteroatoms. The number of hydrogen-bond donors (Lipinski definition) is 1. The number of fused-ring (bicyclic) bond motifs is 1. The minimum absolute atomic E-state index is 0.00696. The number of nitrogens with zero attached hydrogens (tertiary/aromatic N) is 3. The number of aldehydes is 1. The summed E-state index contributed by atoms with van der Waals surface area (Å²) in [6.45, 7) is 0.602. The Bertz CT molecular complexity index is 1690. The number of imidazole rings is 1. The van der Waals surface area contributed by atoms with E-state index in [-0.39, 0.29) is 22.8 Å². The highest BCUT2D eigenvalue weighted by Crippen LogP contribution is 2.60. The number of halogens is 4. The highest BCUT2D eigenvalue weighted by Gasteiger charge is 2.44. The first-order chi connectivity index (χ1) is 20.0. The Hall–Kier alpha value is -3.40. The number of para-hydroxylation sites is 1. The fourth-order valence-electron chi connectivity index (χ4n) is 4.85. The highest BCUT2D eigenvalue weighted by atomic mass is 31.2. The number of carbonyl (C=O) groups is 1. The Kier molecular flexibility index (Phi) is 9.03. The van der Waals surface area contributed by atoms with Gasteiger partial charge in [-0.2, -0.15) is 17.6 Å². The van der Waals surface area contributed by atoms with Gasteiger partial charge in [-0.15, -0.1) is 0 Å². The lowest BCUT2D eigenvalue weighted by Gasteiger charge is -2.38. The molecule has 0 amide bonds. The van der Waals surface area contributed by atoms with Gasteiger partial charge >= 0.3 is 12.3 Å². The summed E-state index contributed by atoms with van der Waals surface area (Å²) in [7, 11) is 9.21. The van der Waals surface area contributed by atoms with E-state index < -0.39 is 36.5 Å². The van der Waals surface area contributed by atoms with E-state index in [1.807, 2.05) is 0 Å². The molecule has 1 unspecified atom stereocenters. The van der Waals surface area contributed by atoms with E-state index in [1.165, 1.54) is 59.0 Å². The van der Waals surface area contributed by atoms with E-state index in [0.717, 1.165) is 13.3 Å². The van der Waals surface area contributed by atoms with Gasteiger partial charge < -0.3 is 14.4 Å². The molecule has 1 heterocycles. The maximum atomic E-state index is 14.7. The van der Waals surface area contributed by atoms with Gasteiger partial charge in [0.05, 0.1) is 17.1 Å². The lowest BCUT2D eigenvalue weighted by atomic mass is 9.71. The summed E-state index contributed by atoms with van der Waals surface area (Å²) in [5.41, 5.74) is -4.42. The van der Waals surface area contributed by atoms with Gasteiger partial charge in [0, 0.05) is 16.7 Å². The first kappa shape index (κ1) is 32.5. The van der Waals surface area contributed by atoms with Crippen molar-refractivity contribution in [2.45, 2.75) is 37.2 Å². The van der Waals surface area contributed by atoms with Crippen LogP contribution in [0.3, 0.4) is 0 Å². The van der Waals surface area contributed by atoms with Crippen molar-refractivity contribution >= 4 is 40.2 Å². The highest BCUT2D eigenvalue weighted by molar-refractivity contribution is 7.63. The molecular formula is C29H28B2F4N3O4P. The van der Waals surface area contributed by atoms with Crippen molar-refractivity contribution in [1.82, 2.24) is 14.5 Å². The molecule has 1 aromatic heterocycles. The summed E-state index contributed by atoms with van der Waals surface area (Å²) in [4.78, 5) is 18.1. The average molecular weight is 611 g/mol. The van der Waals surface area contributed by atoms with Crippen molar-refractivity contribution in [1.29, 1.82) is 0 Å². The second kappa shape index (κ2) is 11.9. The van der Waals surface area contributed by atoms with Gasteiger partial charge in [0.15, 0.2) is 19.2 Å². The molecule has 4 radical (unpaired) electrons. The summed E-state index contributed by atoms with van der Waals surface area (Å²) >= 11 is 0. The summed E-state index contributed by atoms with van der Waals surface area (Å²) < 4.78 is 74.8. The topological polar surface area (TPSA) is 84.7 Å². The summed E-state index contributed by atoms with van der Waals surface area (Å²) in [5, 5.41) is 10.4. The van der Waals surface area contributed by atoms with Crippen molar-refractivity contribution in [2.75, 3.05) is 20.4 Å². The maximum absolute atomic E-state index is 14.7. The Balaban J connectivity index is 2.01. The SMILES string of the molecule is [B]C([B])(O)N(C)C(CC)c1nc2ccc(-c3ccc(C(F)(F)P(C)(C)=O)cc3)cc2n1-c1c(C=O)cccc1OC(F)F. The van der Waals surface area contributed by atoms with Crippen LogP contribution in [0.4, 0.5) is 17.6 Å². The third-order valence-corrected chi connectivity index (χ3v) is 8.85. The number of rotatable bonds is 11. The molecule has 1 atom stereocenters. The van der Waals surface area contributed by atoms with Crippen LogP contribution < -0.4 is 4.74 Å². The smallest absolute Gasteiger partial charge is 0.387 e. The number of ether oxygens (including phenoxy) is 1. The number of carbonyl (C=O) groups excluding carboxylic acids is 1. The summed E-state index contributed by atoms with van der Waals surface area (Å²) in [6, 6.07) is 13.6. The number of alkyl halides is 4. The van der Waals surface area contributed by atoms with Crippen LogP contribution in [-0.2, 0) is 10.2 Å². The van der Waals surface area contributed by atoms with Gasteiger partial charge in [0.1, 0.15) is 27.2 Å². The molecule has 0 saturated carbocycles. The molecule has 0 aliphatic heterocycles. The molecule has 3 aromatic carbocycles. The Labute approximate surface area is 249 Å². The second-order valence-corrected chi connectivity index (χ2v) is 13.8. The zero-order valence-electron chi connectivity index (χ0n) is 23.8. The molecule has 0 fully saturated rings. The van der Waals surface area contributed by atoms with Gasteiger partial charge in [-0.25, -0.2) is 4.98 Å². The number of benzene rings is 3. The molecule has 0 aliphatic rings. The second-order valence-electron chi connectivity index (χ2n) is 10.5. The van der Waals surface area contributed by atoms with Crippen LogP contribution in [0.15, 0.2) is 60.7 Å².